The Balaban J connectivity index is 1.92. The lowest BCUT2D eigenvalue weighted by molar-refractivity contribution is -0.275. The van der Waals surface area contributed by atoms with Crippen LogP contribution in [0.4, 0.5) is 13.2 Å². The van der Waals surface area contributed by atoms with Crippen molar-refractivity contribution in [3.05, 3.63) is 48.0 Å². The lowest BCUT2D eigenvalue weighted by Gasteiger charge is -2.25. The minimum Gasteiger partial charge on any atom is -0.489 e. The van der Waals surface area contributed by atoms with Crippen LogP contribution in [-0.4, -0.2) is 19.3 Å². The van der Waals surface area contributed by atoms with E-state index in [2.05, 4.69) is 4.74 Å². The summed E-state index contributed by atoms with van der Waals surface area (Å²) in [5.74, 6) is 0.0378. The average molecular weight is 350 g/mol. The zero-order valence-corrected chi connectivity index (χ0v) is 13.4. The second-order valence-corrected chi connectivity index (χ2v) is 6.02. The lowest BCUT2D eigenvalue weighted by atomic mass is 9.86. The van der Waals surface area contributed by atoms with Gasteiger partial charge in [-0.25, -0.2) is 0 Å². The SMILES string of the molecule is O=Cc1ccccc1-c1ccc(OCC2CCC2)c(OC(F)(F)F)c1. The Morgan fingerprint density at radius 3 is 2.48 bits per heavy atom. The standard InChI is InChI=1S/C19H17F3O3/c20-19(21,22)25-18-10-14(16-7-2-1-6-15(16)11-23)8-9-17(18)24-12-13-4-3-5-13/h1-2,6-11,13H,3-5,12H2. The Morgan fingerprint density at radius 2 is 1.84 bits per heavy atom. The van der Waals surface area contributed by atoms with E-state index in [0.29, 0.717) is 35.5 Å². The number of rotatable bonds is 6. The fourth-order valence-electron chi connectivity index (χ4n) is 2.73. The van der Waals surface area contributed by atoms with E-state index in [1.165, 1.54) is 12.1 Å². The molecule has 0 radical (unpaired) electrons. The van der Waals surface area contributed by atoms with Gasteiger partial charge in [-0.15, -0.1) is 13.2 Å². The molecule has 1 aliphatic rings. The molecule has 0 N–H and O–H groups in total. The van der Waals surface area contributed by atoms with E-state index in [1.54, 1.807) is 30.3 Å². The molecule has 0 aromatic heterocycles. The van der Waals surface area contributed by atoms with Gasteiger partial charge in [0.25, 0.3) is 0 Å². The molecule has 132 valence electrons. The second-order valence-electron chi connectivity index (χ2n) is 6.02. The zero-order chi connectivity index (χ0) is 17.9. The molecule has 3 rings (SSSR count). The molecule has 25 heavy (non-hydrogen) atoms. The Labute approximate surface area is 143 Å². The summed E-state index contributed by atoms with van der Waals surface area (Å²) in [5.41, 5.74) is 1.39. The van der Waals surface area contributed by atoms with Gasteiger partial charge in [0.2, 0.25) is 0 Å². The third-order valence-corrected chi connectivity index (χ3v) is 4.27. The number of carbonyl (C=O) groups is 1. The van der Waals surface area contributed by atoms with Gasteiger partial charge < -0.3 is 9.47 Å². The third-order valence-electron chi connectivity index (χ3n) is 4.27. The summed E-state index contributed by atoms with van der Waals surface area (Å²) >= 11 is 0. The molecule has 0 saturated heterocycles. The van der Waals surface area contributed by atoms with Crippen molar-refractivity contribution in [3.8, 4) is 22.6 Å². The summed E-state index contributed by atoms with van der Waals surface area (Å²) in [7, 11) is 0. The van der Waals surface area contributed by atoms with Crippen LogP contribution in [-0.2, 0) is 0 Å². The van der Waals surface area contributed by atoms with Crippen molar-refractivity contribution in [1.82, 2.24) is 0 Å². The summed E-state index contributed by atoms with van der Waals surface area (Å²) < 4.78 is 47.9. The number of carbonyl (C=O) groups excluding carboxylic acids is 1. The van der Waals surface area contributed by atoms with Crippen LogP contribution in [0.1, 0.15) is 29.6 Å². The van der Waals surface area contributed by atoms with Gasteiger partial charge >= 0.3 is 6.36 Å². The van der Waals surface area contributed by atoms with Crippen LogP contribution in [0, 0.1) is 5.92 Å². The fourth-order valence-corrected chi connectivity index (χ4v) is 2.73. The molecule has 2 aromatic rings. The molecule has 0 atom stereocenters. The van der Waals surface area contributed by atoms with Gasteiger partial charge in [0.1, 0.15) is 0 Å². The number of hydrogen-bond donors (Lipinski definition) is 0. The van der Waals surface area contributed by atoms with Crippen LogP contribution in [0.5, 0.6) is 11.5 Å². The maximum Gasteiger partial charge on any atom is 0.573 e. The quantitative estimate of drug-likeness (QED) is 0.668. The highest BCUT2D eigenvalue weighted by atomic mass is 19.4. The highest BCUT2D eigenvalue weighted by molar-refractivity contribution is 5.87. The highest BCUT2D eigenvalue weighted by Gasteiger charge is 2.33. The number of halogens is 3. The monoisotopic (exact) mass is 350 g/mol. The Bertz CT molecular complexity index is 752. The van der Waals surface area contributed by atoms with Gasteiger partial charge in [-0.1, -0.05) is 36.8 Å². The van der Waals surface area contributed by atoms with E-state index in [4.69, 9.17) is 4.74 Å². The predicted molar refractivity (Wildman–Crippen MR) is 86.8 cm³/mol. The predicted octanol–water partition coefficient (Wildman–Crippen LogP) is 5.24. The van der Waals surface area contributed by atoms with Crippen molar-refractivity contribution in [3.63, 3.8) is 0 Å². The van der Waals surface area contributed by atoms with Crippen LogP contribution < -0.4 is 9.47 Å². The molecule has 0 aliphatic heterocycles. The molecule has 0 bridgehead atoms. The van der Waals surface area contributed by atoms with Crippen LogP contribution in [0.3, 0.4) is 0 Å². The van der Waals surface area contributed by atoms with Gasteiger partial charge in [-0.3, -0.25) is 4.79 Å². The summed E-state index contributed by atoms with van der Waals surface area (Å²) in [4.78, 5) is 11.2. The molecular formula is C19H17F3O3. The number of hydrogen-bond acceptors (Lipinski definition) is 3. The van der Waals surface area contributed by atoms with Gasteiger partial charge in [0.05, 0.1) is 6.61 Å². The second kappa shape index (κ2) is 7.17. The van der Waals surface area contributed by atoms with Crippen LogP contribution in [0.25, 0.3) is 11.1 Å². The molecule has 0 unspecified atom stereocenters. The van der Waals surface area contributed by atoms with Crippen LogP contribution in [0.15, 0.2) is 42.5 Å². The smallest absolute Gasteiger partial charge is 0.489 e. The van der Waals surface area contributed by atoms with E-state index in [9.17, 15) is 18.0 Å². The molecule has 0 heterocycles. The Hall–Kier alpha value is -2.50. The molecular weight excluding hydrogens is 333 g/mol. The summed E-state index contributed by atoms with van der Waals surface area (Å²) in [6.07, 6.45) is -0.972. The van der Waals surface area contributed by atoms with Gasteiger partial charge in [0.15, 0.2) is 17.8 Å². The van der Waals surface area contributed by atoms with Crippen molar-refractivity contribution < 1.29 is 27.4 Å². The molecule has 1 fully saturated rings. The van der Waals surface area contributed by atoms with Crippen LogP contribution in [0.2, 0.25) is 0 Å². The topological polar surface area (TPSA) is 35.5 Å². The Morgan fingerprint density at radius 1 is 1.08 bits per heavy atom. The van der Waals surface area contributed by atoms with Crippen molar-refractivity contribution in [2.45, 2.75) is 25.6 Å². The maximum atomic E-state index is 12.7. The van der Waals surface area contributed by atoms with Gasteiger partial charge in [-0.2, -0.15) is 0 Å². The average Bonchev–Trinajstić information content (AvgIpc) is 2.53. The largest absolute Gasteiger partial charge is 0.573 e. The normalized spacial score (nSPS) is 14.7. The molecule has 0 spiro atoms. The number of alkyl halides is 3. The maximum absolute atomic E-state index is 12.7. The molecule has 3 nitrogen and oxygen atoms in total. The van der Waals surface area contributed by atoms with Crippen molar-refractivity contribution in [2.24, 2.45) is 5.92 Å². The first-order valence-corrected chi connectivity index (χ1v) is 8.03. The molecule has 1 saturated carbocycles. The summed E-state index contributed by atoms with van der Waals surface area (Å²) in [6.45, 7) is 0.374. The molecule has 1 aliphatic carbocycles. The summed E-state index contributed by atoms with van der Waals surface area (Å²) in [5, 5.41) is 0. The molecule has 0 amide bonds. The first-order chi connectivity index (χ1) is 12.0. The van der Waals surface area contributed by atoms with E-state index in [-0.39, 0.29) is 5.75 Å². The van der Waals surface area contributed by atoms with Gasteiger partial charge in [-0.05, 0) is 42.0 Å². The number of benzene rings is 2. The fraction of sp³-hybridized carbons (Fsp3) is 0.316. The minimum absolute atomic E-state index is 0.0524. The third kappa shape index (κ3) is 4.32. The molecule has 6 heteroatoms. The lowest BCUT2D eigenvalue weighted by Crippen LogP contribution is -2.21. The summed E-state index contributed by atoms with van der Waals surface area (Å²) in [6, 6.07) is 11.0. The van der Waals surface area contributed by atoms with E-state index < -0.39 is 12.1 Å². The minimum atomic E-state index is -4.82. The number of ether oxygens (including phenoxy) is 2. The first kappa shape index (κ1) is 17.3. The van der Waals surface area contributed by atoms with Gasteiger partial charge in [0, 0.05) is 5.56 Å². The van der Waals surface area contributed by atoms with Crippen molar-refractivity contribution in [2.75, 3.05) is 6.61 Å². The first-order valence-electron chi connectivity index (χ1n) is 8.03. The Kier molecular flexibility index (Phi) is 4.97. The van der Waals surface area contributed by atoms with E-state index in [1.807, 2.05) is 0 Å². The number of aldehydes is 1. The molecule has 2 aromatic carbocycles. The highest BCUT2D eigenvalue weighted by Crippen LogP contribution is 2.38. The van der Waals surface area contributed by atoms with Crippen molar-refractivity contribution >= 4 is 6.29 Å². The van der Waals surface area contributed by atoms with Crippen LogP contribution >= 0.6 is 0 Å². The van der Waals surface area contributed by atoms with E-state index in [0.717, 1.165) is 19.3 Å². The van der Waals surface area contributed by atoms with Crippen molar-refractivity contribution in [1.29, 1.82) is 0 Å². The zero-order valence-electron chi connectivity index (χ0n) is 13.4. The van der Waals surface area contributed by atoms with E-state index >= 15 is 0 Å².